The van der Waals surface area contributed by atoms with Crippen molar-refractivity contribution >= 4 is 15.9 Å². The maximum Gasteiger partial charge on any atom is 0.0311 e. The van der Waals surface area contributed by atoms with E-state index < -0.39 is 0 Å². The van der Waals surface area contributed by atoms with Gasteiger partial charge in [0, 0.05) is 10.5 Å². The van der Waals surface area contributed by atoms with Crippen LogP contribution in [0.15, 0.2) is 28.7 Å². The lowest BCUT2D eigenvalue weighted by Gasteiger charge is -2.26. The molecule has 0 bridgehead atoms. The Morgan fingerprint density at radius 2 is 1.93 bits per heavy atom. The fourth-order valence-electron chi connectivity index (χ4n) is 1.56. The van der Waals surface area contributed by atoms with E-state index in [2.05, 4.69) is 35.8 Å². The fourth-order valence-corrected chi connectivity index (χ4v) is 2.14. The molecule has 4 N–H and O–H groups in total. The van der Waals surface area contributed by atoms with Gasteiger partial charge >= 0.3 is 0 Å². The molecule has 0 saturated carbocycles. The molecule has 0 amide bonds. The average Bonchev–Trinajstić information content (AvgIpc) is 2.17. The third-order valence-corrected chi connectivity index (χ3v) is 3.35. The van der Waals surface area contributed by atoms with Crippen molar-refractivity contribution < 1.29 is 0 Å². The fraction of sp³-hybridized carbons (Fsp3) is 0.500. The van der Waals surface area contributed by atoms with E-state index in [9.17, 15) is 0 Å². The number of halogens is 1. The maximum atomic E-state index is 6.17. The molecule has 84 valence electrons. The highest BCUT2D eigenvalue weighted by Gasteiger charge is 2.21. The Hall–Kier alpha value is -0.380. The van der Waals surface area contributed by atoms with E-state index in [0.717, 1.165) is 16.5 Å². The predicted octanol–water partition coefficient (Wildman–Crippen LogP) is 2.82. The minimum atomic E-state index is 0.0409. The second-order valence-corrected chi connectivity index (χ2v) is 5.55. The maximum absolute atomic E-state index is 6.17. The summed E-state index contributed by atoms with van der Waals surface area (Å²) in [6.45, 7) is 4.94. The summed E-state index contributed by atoms with van der Waals surface area (Å²) in [5, 5.41) is 0. The first-order valence-corrected chi connectivity index (χ1v) is 5.95. The third-order valence-electron chi connectivity index (χ3n) is 2.63. The lowest BCUT2D eigenvalue weighted by Crippen LogP contribution is -2.28. The quantitative estimate of drug-likeness (QED) is 0.884. The van der Waals surface area contributed by atoms with Crippen molar-refractivity contribution in [2.45, 2.75) is 26.3 Å². The predicted molar refractivity (Wildman–Crippen MR) is 68.5 cm³/mol. The van der Waals surface area contributed by atoms with Crippen molar-refractivity contribution in [3.05, 3.63) is 34.3 Å². The van der Waals surface area contributed by atoms with Crippen molar-refractivity contribution in [2.24, 2.45) is 16.9 Å². The van der Waals surface area contributed by atoms with Gasteiger partial charge in [-0.15, -0.1) is 0 Å². The summed E-state index contributed by atoms with van der Waals surface area (Å²) in [6, 6.07) is 8.12. The summed E-state index contributed by atoms with van der Waals surface area (Å²) in [6.07, 6.45) is 0.895. The summed E-state index contributed by atoms with van der Waals surface area (Å²) in [5.41, 5.74) is 13.1. The molecule has 0 heterocycles. The molecule has 1 aromatic carbocycles. The second-order valence-electron chi connectivity index (χ2n) is 4.70. The molecule has 0 spiro atoms. The number of nitrogens with two attached hydrogens (primary N) is 2. The van der Waals surface area contributed by atoms with Gasteiger partial charge in [-0.3, -0.25) is 0 Å². The van der Waals surface area contributed by atoms with E-state index in [1.807, 2.05) is 18.2 Å². The van der Waals surface area contributed by atoms with Crippen LogP contribution >= 0.6 is 15.9 Å². The van der Waals surface area contributed by atoms with Crippen LogP contribution in [0.25, 0.3) is 0 Å². The largest absolute Gasteiger partial charge is 0.330 e. The first kappa shape index (κ1) is 12.7. The van der Waals surface area contributed by atoms with E-state index in [-0.39, 0.29) is 11.5 Å². The first-order valence-electron chi connectivity index (χ1n) is 5.16. The molecule has 3 heteroatoms. The standard InChI is InChI=1S/C12H19BrN2/c1-12(2,8-14)7-11(15)9-5-3-4-6-10(9)13/h3-6,11H,7-8,14-15H2,1-2H3. The number of benzene rings is 1. The zero-order chi connectivity index (χ0) is 11.5. The Morgan fingerprint density at radius 1 is 1.33 bits per heavy atom. The van der Waals surface area contributed by atoms with Crippen molar-refractivity contribution in [3.8, 4) is 0 Å². The van der Waals surface area contributed by atoms with Crippen LogP contribution in [0, 0.1) is 5.41 Å². The minimum absolute atomic E-state index is 0.0409. The van der Waals surface area contributed by atoms with Crippen LogP contribution in [0.4, 0.5) is 0 Å². The highest BCUT2D eigenvalue weighted by atomic mass is 79.9. The zero-order valence-corrected chi connectivity index (χ0v) is 10.9. The first-order chi connectivity index (χ1) is 6.96. The van der Waals surface area contributed by atoms with Crippen molar-refractivity contribution in [2.75, 3.05) is 6.54 Å². The van der Waals surface area contributed by atoms with Gasteiger partial charge < -0.3 is 11.5 Å². The third kappa shape index (κ3) is 3.59. The highest BCUT2D eigenvalue weighted by molar-refractivity contribution is 9.10. The second kappa shape index (κ2) is 5.10. The Kier molecular flexibility index (Phi) is 4.32. The molecule has 0 radical (unpaired) electrons. The summed E-state index contributed by atoms with van der Waals surface area (Å²) < 4.78 is 1.07. The molecule has 0 aliphatic rings. The SMILES string of the molecule is CC(C)(CN)CC(N)c1ccccc1Br. The summed E-state index contributed by atoms with van der Waals surface area (Å²) in [4.78, 5) is 0. The average molecular weight is 271 g/mol. The Labute approximate surface area is 100 Å². The van der Waals surface area contributed by atoms with E-state index in [0.29, 0.717) is 6.54 Å². The van der Waals surface area contributed by atoms with Crippen molar-refractivity contribution in [1.29, 1.82) is 0 Å². The molecule has 1 unspecified atom stereocenters. The number of hydrogen-bond acceptors (Lipinski definition) is 2. The van der Waals surface area contributed by atoms with Crippen LogP contribution in [0.1, 0.15) is 31.9 Å². The lowest BCUT2D eigenvalue weighted by atomic mass is 9.84. The molecule has 1 atom stereocenters. The molecule has 1 aromatic rings. The number of rotatable bonds is 4. The van der Waals surface area contributed by atoms with Gasteiger partial charge in [-0.05, 0) is 30.0 Å². The lowest BCUT2D eigenvalue weighted by molar-refractivity contribution is 0.317. The van der Waals surface area contributed by atoms with Crippen LogP contribution in [0.5, 0.6) is 0 Å². The monoisotopic (exact) mass is 270 g/mol. The Bertz CT molecular complexity index is 323. The summed E-state index contributed by atoms with van der Waals surface area (Å²) >= 11 is 3.52. The van der Waals surface area contributed by atoms with E-state index in [1.54, 1.807) is 0 Å². The molecule has 0 aliphatic carbocycles. The topological polar surface area (TPSA) is 52.0 Å². The van der Waals surface area contributed by atoms with Crippen LogP contribution in [0.2, 0.25) is 0 Å². The smallest absolute Gasteiger partial charge is 0.0311 e. The van der Waals surface area contributed by atoms with Crippen molar-refractivity contribution in [3.63, 3.8) is 0 Å². The molecule has 15 heavy (non-hydrogen) atoms. The molecule has 0 saturated heterocycles. The summed E-state index contributed by atoms with van der Waals surface area (Å²) in [7, 11) is 0. The normalized spacial score (nSPS) is 13.9. The van der Waals surface area contributed by atoms with Gasteiger partial charge in [-0.25, -0.2) is 0 Å². The van der Waals surface area contributed by atoms with Gasteiger partial charge in [0.05, 0.1) is 0 Å². The van der Waals surface area contributed by atoms with Gasteiger partial charge in [0.1, 0.15) is 0 Å². The van der Waals surface area contributed by atoms with Gasteiger partial charge in [-0.1, -0.05) is 48.0 Å². The van der Waals surface area contributed by atoms with Crippen LogP contribution in [-0.2, 0) is 0 Å². The van der Waals surface area contributed by atoms with Crippen LogP contribution in [-0.4, -0.2) is 6.54 Å². The van der Waals surface area contributed by atoms with E-state index >= 15 is 0 Å². The Balaban J connectivity index is 2.78. The number of hydrogen-bond donors (Lipinski definition) is 2. The molecule has 0 aliphatic heterocycles. The summed E-state index contributed by atoms with van der Waals surface area (Å²) in [5.74, 6) is 0. The molecule has 0 aromatic heterocycles. The molecule has 2 nitrogen and oxygen atoms in total. The highest BCUT2D eigenvalue weighted by Crippen LogP contribution is 2.30. The van der Waals surface area contributed by atoms with Gasteiger partial charge in [-0.2, -0.15) is 0 Å². The molecule has 0 fully saturated rings. The molecule has 1 rings (SSSR count). The van der Waals surface area contributed by atoms with Gasteiger partial charge in [0.25, 0.3) is 0 Å². The Morgan fingerprint density at radius 3 is 2.47 bits per heavy atom. The van der Waals surface area contributed by atoms with E-state index in [1.165, 1.54) is 0 Å². The molecular weight excluding hydrogens is 252 g/mol. The van der Waals surface area contributed by atoms with Crippen molar-refractivity contribution in [1.82, 2.24) is 0 Å². The van der Waals surface area contributed by atoms with Crippen LogP contribution in [0.3, 0.4) is 0 Å². The van der Waals surface area contributed by atoms with E-state index in [4.69, 9.17) is 11.5 Å². The zero-order valence-electron chi connectivity index (χ0n) is 9.33. The van der Waals surface area contributed by atoms with Crippen LogP contribution < -0.4 is 11.5 Å². The molecular formula is C12H19BrN2. The van der Waals surface area contributed by atoms with Gasteiger partial charge in [0.2, 0.25) is 0 Å². The van der Waals surface area contributed by atoms with Gasteiger partial charge in [0.15, 0.2) is 0 Å². The minimum Gasteiger partial charge on any atom is -0.330 e.